The van der Waals surface area contributed by atoms with Gasteiger partial charge in [0.25, 0.3) is 10.0 Å². The van der Waals surface area contributed by atoms with E-state index in [1.165, 1.54) is 4.31 Å². The first-order chi connectivity index (χ1) is 15.9. The van der Waals surface area contributed by atoms with E-state index in [1.807, 2.05) is 66.2 Å². The van der Waals surface area contributed by atoms with Crippen molar-refractivity contribution >= 4 is 32.4 Å². The molecule has 1 aliphatic heterocycles. The van der Waals surface area contributed by atoms with Crippen molar-refractivity contribution in [1.29, 1.82) is 0 Å². The van der Waals surface area contributed by atoms with Crippen LogP contribution in [-0.4, -0.2) is 30.4 Å². The van der Waals surface area contributed by atoms with Crippen LogP contribution in [-0.2, 0) is 21.4 Å². The summed E-state index contributed by atoms with van der Waals surface area (Å²) in [5, 5.41) is 4.59. The molecule has 8 heteroatoms. The molecule has 2 heterocycles. The third-order valence-electron chi connectivity index (χ3n) is 5.98. The van der Waals surface area contributed by atoms with Crippen LogP contribution in [0.15, 0.2) is 78.0 Å². The summed E-state index contributed by atoms with van der Waals surface area (Å²) in [6.07, 6.45) is 4.36. The molecule has 0 radical (unpaired) electrons. The second kappa shape index (κ2) is 8.37. The number of carbonyl (C=O) groups excluding carboxylic acids is 1. The maximum absolute atomic E-state index is 13.0. The van der Waals surface area contributed by atoms with E-state index in [-0.39, 0.29) is 18.9 Å². The summed E-state index contributed by atoms with van der Waals surface area (Å²) in [6, 6.07) is 18.9. The van der Waals surface area contributed by atoms with Crippen molar-refractivity contribution in [2.75, 3.05) is 10.8 Å². The summed E-state index contributed by atoms with van der Waals surface area (Å²) in [7, 11) is -3.58. The van der Waals surface area contributed by atoms with Crippen LogP contribution in [0.3, 0.4) is 0 Å². The van der Waals surface area contributed by atoms with Crippen molar-refractivity contribution in [3.05, 3.63) is 84.4 Å². The predicted octanol–water partition coefficient (Wildman–Crippen LogP) is 3.94. The van der Waals surface area contributed by atoms with E-state index in [0.717, 1.165) is 27.8 Å². The van der Waals surface area contributed by atoms with Crippen molar-refractivity contribution < 1.29 is 13.2 Å². The minimum absolute atomic E-state index is 0.100. The molecule has 1 aliphatic rings. The van der Waals surface area contributed by atoms with Crippen LogP contribution in [0.25, 0.3) is 16.5 Å². The molecule has 1 amide bonds. The molecule has 168 valence electrons. The average molecular weight is 461 g/mol. The van der Waals surface area contributed by atoms with Gasteiger partial charge in [-0.3, -0.25) is 9.10 Å². The Morgan fingerprint density at radius 2 is 1.79 bits per heavy atom. The number of imidazole rings is 1. The number of rotatable bonds is 7. The van der Waals surface area contributed by atoms with E-state index in [2.05, 4.69) is 10.3 Å². The Kier molecular flexibility index (Phi) is 5.38. The second-order valence-electron chi connectivity index (χ2n) is 8.10. The van der Waals surface area contributed by atoms with Crippen molar-refractivity contribution in [2.45, 2.75) is 31.2 Å². The number of anilines is 1. The lowest BCUT2D eigenvalue weighted by Gasteiger charge is -2.18. The molecule has 1 N–H and O–H groups in total. The molecule has 1 aromatic heterocycles. The molecule has 7 nitrogen and oxygen atoms in total. The fraction of sp³-hybridized carbons (Fsp3) is 0.200. The predicted molar refractivity (Wildman–Crippen MR) is 128 cm³/mol. The molecule has 0 spiro atoms. The van der Waals surface area contributed by atoms with Crippen LogP contribution in [0.2, 0.25) is 0 Å². The molecule has 0 atom stereocenters. The Bertz CT molecular complexity index is 1440. The lowest BCUT2D eigenvalue weighted by molar-refractivity contribution is -0.121. The van der Waals surface area contributed by atoms with Gasteiger partial charge in [-0.2, -0.15) is 0 Å². The number of benzene rings is 3. The van der Waals surface area contributed by atoms with Gasteiger partial charge >= 0.3 is 0 Å². The standard InChI is InChI=1S/C25H24N4O3S/c1-18-26-14-16-28(18)21-12-10-19(11-13-21)17-27-24(30)9-4-15-29-22-7-2-5-20-6-3-8-23(25(20)22)33(29,31)32/h2-3,5-8,10-14,16H,4,9,15,17H2,1H3,(H,27,30). The quantitative estimate of drug-likeness (QED) is 0.453. The number of aromatic nitrogens is 2. The minimum Gasteiger partial charge on any atom is -0.352 e. The van der Waals surface area contributed by atoms with Crippen LogP contribution < -0.4 is 9.62 Å². The molecular weight excluding hydrogens is 436 g/mol. The minimum atomic E-state index is -3.58. The molecule has 33 heavy (non-hydrogen) atoms. The molecule has 3 aromatic carbocycles. The third-order valence-corrected chi connectivity index (χ3v) is 7.83. The summed E-state index contributed by atoms with van der Waals surface area (Å²) >= 11 is 0. The molecule has 0 aliphatic carbocycles. The first-order valence-corrected chi connectivity index (χ1v) is 12.3. The molecule has 0 bridgehead atoms. The van der Waals surface area contributed by atoms with Gasteiger partial charge in [-0.1, -0.05) is 36.4 Å². The van der Waals surface area contributed by atoms with Gasteiger partial charge < -0.3 is 9.88 Å². The van der Waals surface area contributed by atoms with Crippen LogP contribution >= 0.6 is 0 Å². The summed E-state index contributed by atoms with van der Waals surface area (Å²) in [4.78, 5) is 16.9. The van der Waals surface area contributed by atoms with Gasteiger partial charge in [0.1, 0.15) is 5.82 Å². The van der Waals surface area contributed by atoms with Crippen molar-refractivity contribution in [2.24, 2.45) is 0 Å². The topological polar surface area (TPSA) is 84.3 Å². The van der Waals surface area contributed by atoms with E-state index in [9.17, 15) is 13.2 Å². The Morgan fingerprint density at radius 1 is 1.03 bits per heavy atom. The summed E-state index contributed by atoms with van der Waals surface area (Å²) < 4.78 is 29.4. The molecule has 0 unspecified atom stereocenters. The highest BCUT2D eigenvalue weighted by Crippen LogP contribution is 2.41. The molecule has 0 saturated heterocycles. The Morgan fingerprint density at radius 3 is 2.52 bits per heavy atom. The maximum Gasteiger partial charge on any atom is 0.265 e. The number of nitrogens with one attached hydrogen (secondary N) is 1. The summed E-state index contributed by atoms with van der Waals surface area (Å²) in [5.74, 6) is 0.812. The van der Waals surface area contributed by atoms with Gasteiger partial charge in [0.05, 0.1) is 10.6 Å². The molecule has 4 aromatic rings. The van der Waals surface area contributed by atoms with E-state index < -0.39 is 10.0 Å². The highest BCUT2D eigenvalue weighted by molar-refractivity contribution is 7.93. The molecular formula is C25H24N4O3S. The normalized spacial score (nSPS) is 14.0. The second-order valence-corrected chi connectivity index (χ2v) is 9.93. The first-order valence-electron chi connectivity index (χ1n) is 10.9. The van der Waals surface area contributed by atoms with Gasteiger partial charge in [0.15, 0.2) is 0 Å². The van der Waals surface area contributed by atoms with Crippen molar-refractivity contribution in [1.82, 2.24) is 14.9 Å². The third kappa shape index (κ3) is 3.87. The van der Waals surface area contributed by atoms with E-state index in [0.29, 0.717) is 23.5 Å². The van der Waals surface area contributed by atoms with Gasteiger partial charge in [-0.25, -0.2) is 13.4 Å². The zero-order chi connectivity index (χ0) is 23.0. The van der Waals surface area contributed by atoms with E-state index >= 15 is 0 Å². The maximum atomic E-state index is 13.0. The van der Waals surface area contributed by atoms with Gasteiger partial charge in [0.2, 0.25) is 5.91 Å². The molecule has 0 fully saturated rings. The highest BCUT2D eigenvalue weighted by atomic mass is 32.2. The van der Waals surface area contributed by atoms with Crippen molar-refractivity contribution in [3.63, 3.8) is 0 Å². The Balaban J connectivity index is 1.17. The van der Waals surface area contributed by atoms with Crippen LogP contribution in [0, 0.1) is 6.92 Å². The smallest absolute Gasteiger partial charge is 0.265 e. The molecule has 0 saturated carbocycles. The van der Waals surface area contributed by atoms with Gasteiger partial charge in [-0.15, -0.1) is 0 Å². The lowest BCUT2D eigenvalue weighted by atomic mass is 10.1. The first kappa shape index (κ1) is 21.2. The number of aryl methyl sites for hydroxylation is 1. The number of hydrogen-bond acceptors (Lipinski definition) is 4. The van der Waals surface area contributed by atoms with Gasteiger partial charge in [-0.05, 0) is 48.6 Å². The van der Waals surface area contributed by atoms with Crippen molar-refractivity contribution in [3.8, 4) is 5.69 Å². The SMILES string of the molecule is Cc1nccn1-c1ccc(CNC(=O)CCCN2c3cccc4cccc(c34)S2(=O)=O)cc1. The summed E-state index contributed by atoms with van der Waals surface area (Å²) in [6.45, 7) is 2.64. The fourth-order valence-electron chi connectivity index (χ4n) is 4.30. The van der Waals surface area contributed by atoms with Crippen LogP contribution in [0.5, 0.6) is 0 Å². The number of nitrogens with zero attached hydrogens (tertiary/aromatic N) is 3. The lowest BCUT2D eigenvalue weighted by Crippen LogP contribution is -2.30. The van der Waals surface area contributed by atoms with Crippen LogP contribution in [0.1, 0.15) is 24.2 Å². The summed E-state index contributed by atoms with van der Waals surface area (Å²) in [5.41, 5.74) is 2.70. The zero-order valence-electron chi connectivity index (χ0n) is 18.2. The average Bonchev–Trinajstić information content (AvgIpc) is 3.34. The molecule has 5 rings (SSSR count). The highest BCUT2D eigenvalue weighted by Gasteiger charge is 2.34. The largest absolute Gasteiger partial charge is 0.352 e. The van der Waals surface area contributed by atoms with Gasteiger partial charge in [0, 0.05) is 43.0 Å². The number of carbonyl (C=O) groups is 1. The zero-order valence-corrected chi connectivity index (χ0v) is 19.0. The monoisotopic (exact) mass is 460 g/mol. The fourth-order valence-corrected chi connectivity index (χ4v) is 6.05. The Hall–Kier alpha value is -3.65. The number of amides is 1. The number of hydrogen-bond donors (Lipinski definition) is 1. The van der Waals surface area contributed by atoms with Crippen LogP contribution in [0.4, 0.5) is 5.69 Å². The van der Waals surface area contributed by atoms with E-state index in [1.54, 1.807) is 18.3 Å². The Labute approximate surface area is 192 Å². The van der Waals surface area contributed by atoms with E-state index in [4.69, 9.17) is 0 Å². The number of sulfonamides is 1.